The number of rotatable bonds is 4. The molecule has 0 radical (unpaired) electrons. The number of halogens is 1. The van der Waals surface area contributed by atoms with E-state index in [4.69, 9.17) is 11.6 Å². The van der Waals surface area contributed by atoms with Gasteiger partial charge in [0.25, 0.3) is 0 Å². The molecule has 4 aromatic rings. The first-order chi connectivity index (χ1) is 11.8. The van der Waals surface area contributed by atoms with Crippen LogP contribution in [0.1, 0.15) is 5.56 Å². The molecule has 3 heterocycles. The number of pyridine rings is 1. The molecule has 0 fully saturated rings. The maximum atomic E-state index is 5.95. The standard InChI is InChI=1S/C17H13ClN6/c18-17-23-15(14-16(24-17)22-10-21-14)20-9-11-4-6-12(7-5-11)13-3-1-2-8-19-13/h1-8,10H,9H2,(H2,20,21,22,23,24)/p+1. The van der Waals surface area contributed by atoms with Crippen LogP contribution in [0.5, 0.6) is 0 Å². The Labute approximate surface area is 143 Å². The van der Waals surface area contributed by atoms with Crippen LogP contribution in [0.2, 0.25) is 5.28 Å². The normalized spacial score (nSPS) is 10.9. The van der Waals surface area contributed by atoms with E-state index in [1.54, 1.807) is 12.5 Å². The van der Waals surface area contributed by atoms with E-state index in [0.29, 0.717) is 18.0 Å². The molecule has 0 atom stereocenters. The Morgan fingerprint density at radius 3 is 2.75 bits per heavy atom. The molecule has 24 heavy (non-hydrogen) atoms. The van der Waals surface area contributed by atoms with E-state index >= 15 is 0 Å². The summed E-state index contributed by atoms with van der Waals surface area (Å²) in [5.41, 5.74) is 4.65. The van der Waals surface area contributed by atoms with Gasteiger partial charge >= 0.3 is 10.9 Å². The van der Waals surface area contributed by atoms with E-state index in [2.05, 4.69) is 54.5 Å². The molecule has 0 aliphatic heterocycles. The van der Waals surface area contributed by atoms with Gasteiger partial charge in [-0.3, -0.25) is 9.97 Å². The Morgan fingerprint density at radius 1 is 1.08 bits per heavy atom. The number of fused-ring (bicyclic) bond motifs is 1. The minimum absolute atomic E-state index is 0.200. The zero-order chi connectivity index (χ0) is 16.4. The number of anilines is 1. The summed E-state index contributed by atoms with van der Waals surface area (Å²) in [5, 5.41) is 3.49. The van der Waals surface area contributed by atoms with Crippen molar-refractivity contribution in [3.05, 3.63) is 65.8 Å². The first-order valence-electron chi connectivity index (χ1n) is 7.46. The summed E-state index contributed by atoms with van der Waals surface area (Å²) < 4.78 is 0. The van der Waals surface area contributed by atoms with Gasteiger partial charge in [0.2, 0.25) is 5.52 Å². The van der Waals surface area contributed by atoms with Crippen LogP contribution in [0.4, 0.5) is 5.82 Å². The summed E-state index contributed by atoms with van der Waals surface area (Å²) >= 11 is 5.95. The molecule has 0 saturated heterocycles. The lowest BCUT2D eigenvalue weighted by atomic mass is 10.1. The molecule has 0 aliphatic rings. The van der Waals surface area contributed by atoms with E-state index < -0.39 is 0 Å². The lowest BCUT2D eigenvalue weighted by molar-refractivity contribution is -0.347. The Bertz CT molecular complexity index is 965. The SMILES string of the molecule is Clc1nc(NCc2ccc(-c3ccccn3)cc2)c2[nH]c[nH+]c2n1. The van der Waals surface area contributed by atoms with Crippen molar-refractivity contribution in [1.82, 2.24) is 19.9 Å². The zero-order valence-corrected chi connectivity index (χ0v) is 13.4. The third-order valence-electron chi connectivity index (χ3n) is 3.68. The molecule has 0 bridgehead atoms. The third kappa shape index (κ3) is 2.91. The number of aromatic amines is 2. The minimum atomic E-state index is 0.200. The molecule has 4 rings (SSSR count). The molecule has 3 N–H and O–H groups in total. The Hall–Kier alpha value is -2.99. The van der Waals surface area contributed by atoms with E-state index in [0.717, 1.165) is 22.3 Å². The largest absolute Gasteiger partial charge is 0.363 e. The molecule has 0 spiro atoms. The monoisotopic (exact) mass is 337 g/mol. The molecule has 0 aliphatic carbocycles. The molecular weight excluding hydrogens is 324 g/mol. The highest BCUT2D eigenvalue weighted by atomic mass is 35.5. The second-order valence-corrected chi connectivity index (χ2v) is 5.60. The summed E-state index contributed by atoms with van der Waals surface area (Å²) in [6.07, 6.45) is 3.49. The second kappa shape index (κ2) is 6.25. The molecule has 0 unspecified atom stereocenters. The number of nitrogens with one attached hydrogen (secondary N) is 3. The smallest absolute Gasteiger partial charge is 0.306 e. The fraction of sp³-hybridized carbons (Fsp3) is 0.0588. The number of benzene rings is 1. The van der Waals surface area contributed by atoms with Gasteiger partial charge in [0.05, 0.1) is 5.69 Å². The van der Waals surface area contributed by atoms with Crippen LogP contribution in [0.3, 0.4) is 0 Å². The Morgan fingerprint density at radius 2 is 1.96 bits per heavy atom. The fourth-order valence-corrected chi connectivity index (χ4v) is 2.66. The van der Waals surface area contributed by atoms with E-state index in [1.807, 2.05) is 18.2 Å². The van der Waals surface area contributed by atoms with Crippen LogP contribution in [0.25, 0.3) is 22.4 Å². The first-order valence-corrected chi connectivity index (χ1v) is 7.84. The van der Waals surface area contributed by atoms with Gasteiger partial charge in [-0.15, -0.1) is 0 Å². The van der Waals surface area contributed by atoms with Gasteiger partial charge in [-0.1, -0.05) is 35.3 Å². The van der Waals surface area contributed by atoms with Crippen molar-refractivity contribution in [1.29, 1.82) is 0 Å². The van der Waals surface area contributed by atoms with Crippen molar-refractivity contribution >= 4 is 28.6 Å². The number of hydrogen-bond donors (Lipinski definition) is 2. The van der Waals surface area contributed by atoms with Crippen LogP contribution >= 0.6 is 11.6 Å². The highest BCUT2D eigenvalue weighted by Crippen LogP contribution is 2.20. The van der Waals surface area contributed by atoms with Gasteiger partial charge in [-0.05, 0) is 29.3 Å². The van der Waals surface area contributed by atoms with Crippen LogP contribution in [0.15, 0.2) is 55.0 Å². The third-order valence-corrected chi connectivity index (χ3v) is 3.85. The highest BCUT2D eigenvalue weighted by Gasteiger charge is 2.14. The Kier molecular flexibility index (Phi) is 3.80. The summed E-state index contributed by atoms with van der Waals surface area (Å²) in [6.45, 7) is 0.629. The minimum Gasteiger partial charge on any atom is -0.363 e. The molecule has 0 amide bonds. The molecule has 6 nitrogen and oxygen atoms in total. The predicted octanol–water partition coefficient (Wildman–Crippen LogP) is 3.10. The molecule has 7 heteroatoms. The van der Waals surface area contributed by atoms with Crippen molar-refractivity contribution in [3.63, 3.8) is 0 Å². The average Bonchev–Trinajstić information content (AvgIpc) is 3.09. The molecule has 0 saturated carbocycles. The summed E-state index contributed by atoms with van der Waals surface area (Å²) in [5.74, 6) is 0.667. The van der Waals surface area contributed by atoms with Crippen molar-refractivity contribution in [2.45, 2.75) is 6.54 Å². The van der Waals surface area contributed by atoms with Crippen molar-refractivity contribution < 1.29 is 4.98 Å². The number of aromatic nitrogens is 5. The van der Waals surface area contributed by atoms with Crippen LogP contribution in [-0.4, -0.2) is 19.9 Å². The average molecular weight is 338 g/mol. The lowest BCUT2D eigenvalue weighted by Crippen LogP contribution is -2.05. The quantitative estimate of drug-likeness (QED) is 0.561. The molecule has 118 valence electrons. The van der Waals surface area contributed by atoms with Gasteiger partial charge in [0.1, 0.15) is 0 Å². The van der Waals surface area contributed by atoms with Gasteiger partial charge in [-0.25, -0.2) is 4.98 Å². The van der Waals surface area contributed by atoms with E-state index in [1.165, 1.54) is 0 Å². The number of imidazole rings is 1. The van der Waals surface area contributed by atoms with E-state index in [9.17, 15) is 0 Å². The number of nitrogens with zero attached hydrogens (tertiary/aromatic N) is 3. The summed E-state index contributed by atoms with van der Waals surface area (Å²) in [4.78, 5) is 18.8. The zero-order valence-electron chi connectivity index (χ0n) is 12.6. The predicted molar refractivity (Wildman–Crippen MR) is 92.5 cm³/mol. The van der Waals surface area contributed by atoms with Crippen LogP contribution in [-0.2, 0) is 6.54 Å². The Balaban J connectivity index is 1.52. The van der Waals surface area contributed by atoms with Gasteiger partial charge < -0.3 is 5.32 Å². The maximum absolute atomic E-state index is 5.95. The van der Waals surface area contributed by atoms with Gasteiger partial charge in [0, 0.05) is 18.3 Å². The first kappa shape index (κ1) is 14.6. The topological polar surface area (TPSA) is 80.6 Å². The van der Waals surface area contributed by atoms with Crippen molar-refractivity contribution in [2.75, 3.05) is 5.32 Å². The fourth-order valence-electron chi connectivity index (χ4n) is 2.49. The van der Waals surface area contributed by atoms with E-state index in [-0.39, 0.29) is 5.28 Å². The van der Waals surface area contributed by atoms with Gasteiger partial charge in [-0.2, -0.15) is 4.98 Å². The highest BCUT2D eigenvalue weighted by molar-refractivity contribution is 6.28. The number of H-pyrrole nitrogens is 2. The van der Waals surface area contributed by atoms with Crippen molar-refractivity contribution in [2.24, 2.45) is 0 Å². The molecular formula is C17H14ClN6+. The summed E-state index contributed by atoms with van der Waals surface area (Å²) in [6, 6.07) is 14.1. The molecule has 1 aromatic carbocycles. The molecule has 3 aromatic heterocycles. The van der Waals surface area contributed by atoms with Crippen LogP contribution < -0.4 is 10.3 Å². The van der Waals surface area contributed by atoms with Crippen molar-refractivity contribution in [3.8, 4) is 11.3 Å². The lowest BCUT2D eigenvalue weighted by Gasteiger charge is -2.06. The van der Waals surface area contributed by atoms with Gasteiger partial charge in [0.15, 0.2) is 12.1 Å². The van der Waals surface area contributed by atoms with Crippen LogP contribution in [0, 0.1) is 0 Å². The second-order valence-electron chi connectivity index (χ2n) is 5.26. The maximum Gasteiger partial charge on any atom is 0.306 e. The summed E-state index contributed by atoms with van der Waals surface area (Å²) in [7, 11) is 0. The number of hydrogen-bond acceptors (Lipinski definition) is 4.